The van der Waals surface area contributed by atoms with Gasteiger partial charge in [-0.05, 0) is 12.8 Å². The Hall–Kier alpha value is -0.120. The molecule has 0 radical (unpaired) electrons. The quantitative estimate of drug-likeness (QED) is 0.408. The smallest absolute Gasteiger partial charge is 0.216 e. The van der Waals surface area contributed by atoms with Crippen LogP contribution in [-0.2, 0) is 0 Å². The van der Waals surface area contributed by atoms with E-state index in [1.165, 1.54) is 0 Å². The Morgan fingerprint density at radius 2 is 2.09 bits per heavy atom. The van der Waals surface area contributed by atoms with E-state index >= 15 is 0 Å². The van der Waals surface area contributed by atoms with Crippen molar-refractivity contribution in [3.8, 4) is 0 Å². The van der Waals surface area contributed by atoms with E-state index in [0.29, 0.717) is 0 Å². The van der Waals surface area contributed by atoms with Crippen LogP contribution in [0.4, 0.5) is 0 Å². The molecule has 0 heterocycles. The molecule has 1 rings (SSSR count). The first-order chi connectivity index (χ1) is 5.25. The van der Waals surface area contributed by atoms with Crippen molar-refractivity contribution >= 4 is 15.9 Å². The average molecular weight is 222 g/mol. The Morgan fingerprint density at radius 1 is 1.45 bits per heavy atom. The molecule has 0 saturated heterocycles. The van der Waals surface area contributed by atoms with Gasteiger partial charge in [-0.25, -0.2) is 0 Å². The van der Waals surface area contributed by atoms with E-state index in [9.17, 15) is 10.1 Å². The largest absolute Gasteiger partial charge is 0.264 e. The zero-order chi connectivity index (χ0) is 8.27. The molecule has 0 aromatic rings. The molecular weight excluding hydrogens is 210 g/mol. The maximum absolute atomic E-state index is 10.5. The van der Waals surface area contributed by atoms with Crippen LogP contribution in [0.2, 0.25) is 0 Å². The predicted molar refractivity (Wildman–Crippen MR) is 46.5 cm³/mol. The topological polar surface area (TPSA) is 43.1 Å². The van der Waals surface area contributed by atoms with E-state index in [4.69, 9.17) is 0 Å². The second-order valence-corrected chi connectivity index (χ2v) is 3.70. The van der Waals surface area contributed by atoms with Crippen LogP contribution in [0.5, 0.6) is 0 Å². The predicted octanol–water partition coefficient (Wildman–Crippen LogP) is 2.22. The minimum Gasteiger partial charge on any atom is -0.264 e. The molecule has 1 fully saturated rings. The van der Waals surface area contributed by atoms with Crippen molar-refractivity contribution in [2.75, 3.05) is 5.33 Å². The fourth-order valence-electron chi connectivity index (χ4n) is 1.65. The lowest BCUT2D eigenvalue weighted by molar-refractivity contribution is -0.534. The van der Waals surface area contributed by atoms with Gasteiger partial charge in [-0.1, -0.05) is 22.4 Å². The fraction of sp³-hybridized carbons (Fsp3) is 1.00. The summed E-state index contributed by atoms with van der Waals surface area (Å²) >= 11 is 3.32. The highest BCUT2D eigenvalue weighted by atomic mass is 79.9. The highest BCUT2D eigenvalue weighted by molar-refractivity contribution is 9.09. The number of hydrogen-bond donors (Lipinski definition) is 0. The first kappa shape index (κ1) is 8.97. The van der Waals surface area contributed by atoms with Gasteiger partial charge in [0.15, 0.2) is 0 Å². The molecule has 1 aliphatic carbocycles. The molecule has 0 spiro atoms. The summed E-state index contributed by atoms with van der Waals surface area (Å²) in [7, 11) is 0. The van der Waals surface area contributed by atoms with Crippen LogP contribution in [0.3, 0.4) is 0 Å². The molecule has 0 bridgehead atoms. The first-order valence-electron chi connectivity index (χ1n) is 3.95. The van der Waals surface area contributed by atoms with Gasteiger partial charge in [0.1, 0.15) is 0 Å². The van der Waals surface area contributed by atoms with Gasteiger partial charge in [0.05, 0.1) is 0 Å². The van der Waals surface area contributed by atoms with Crippen molar-refractivity contribution in [1.29, 1.82) is 0 Å². The fourth-order valence-corrected chi connectivity index (χ4v) is 2.40. The highest BCUT2D eigenvalue weighted by Crippen LogP contribution is 2.27. The second kappa shape index (κ2) is 4.04. The third-order valence-corrected chi connectivity index (χ3v) is 3.17. The summed E-state index contributed by atoms with van der Waals surface area (Å²) in [6, 6.07) is -0.289. The number of halogens is 1. The Bertz CT molecular complexity index is 151. The number of alkyl halides is 1. The summed E-state index contributed by atoms with van der Waals surface area (Å²) in [6.45, 7) is 0. The van der Waals surface area contributed by atoms with Gasteiger partial charge in [0.2, 0.25) is 6.04 Å². The van der Waals surface area contributed by atoms with E-state index in [0.717, 1.165) is 31.0 Å². The van der Waals surface area contributed by atoms with Crippen LogP contribution in [0, 0.1) is 16.0 Å². The zero-order valence-corrected chi connectivity index (χ0v) is 7.92. The third-order valence-electron chi connectivity index (χ3n) is 2.34. The Morgan fingerprint density at radius 3 is 2.55 bits per heavy atom. The molecule has 2 unspecified atom stereocenters. The summed E-state index contributed by atoms with van der Waals surface area (Å²) in [5, 5.41) is 11.3. The van der Waals surface area contributed by atoms with E-state index in [-0.39, 0.29) is 16.9 Å². The standard InChI is InChI=1S/C7H12BrNO2/c8-5-6-3-1-2-4-7(6)9(10)11/h6-7H,1-5H2. The Kier molecular flexibility index (Phi) is 3.30. The zero-order valence-electron chi connectivity index (χ0n) is 6.33. The van der Waals surface area contributed by atoms with Crippen LogP contribution in [0.25, 0.3) is 0 Å². The molecule has 1 saturated carbocycles. The van der Waals surface area contributed by atoms with Crippen molar-refractivity contribution in [2.24, 2.45) is 5.92 Å². The summed E-state index contributed by atoms with van der Waals surface area (Å²) in [6.07, 6.45) is 3.95. The minimum atomic E-state index is -0.289. The third kappa shape index (κ3) is 2.15. The van der Waals surface area contributed by atoms with Crippen LogP contribution in [0.1, 0.15) is 25.7 Å². The van der Waals surface area contributed by atoms with Gasteiger partial charge >= 0.3 is 0 Å². The number of nitrogens with zero attached hydrogens (tertiary/aromatic N) is 1. The molecule has 0 aromatic carbocycles. The average Bonchev–Trinajstić information content (AvgIpc) is 2.04. The summed E-state index contributed by atoms with van der Waals surface area (Å²) < 4.78 is 0. The van der Waals surface area contributed by atoms with Gasteiger partial charge < -0.3 is 0 Å². The van der Waals surface area contributed by atoms with Crippen LogP contribution in [0.15, 0.2) is 0 Å². The molecule has 1 aliphatic rings. The second-order valence-electron chi connectivity index (χ2n) is 3.05. The maximum atomic E-state index is 10.5. The van der Waals surface area contributed by atoms with Crippen molar-refractivity contribution < 1.29 is 4.92 Å². The van der Waals surface area contributed by atoms with E-state index < -0.39 is 0 Å². The lowest BCUT2D eigenvalue weighted by Crippen LogP contribution is -2.32. The summed E-state index contributed by atoms with van der Waals surface area (Å²) in [5.74, 6) is 0.263. The van der Waals surface area contributed by atoms with Crippen molar-refractivity contribution in [3.63, 3.8) is 0 Å². The summed E-state index contributed by atoms with van der Waals surface area (Å²) in [4.78, 5) is 10.4. The lowest BCUT2D eigenvalue weighted by atomic mass is 9.86. The molecule has 2 atom stereocenters. The van der Waals surface area contributed by atoms with E-state index in [1.807, 2.05) is 0 Å². The number of hydrogen-bond acceptors (Lipinski definition) is 2. The first-order valence-corrected chi connectivity index (χ1v) is 5.07. The molecule has 0 aromatic heterocycles. The van der Waals surface area contributed by atoms with Gasteiger partial charge in [-0.3, -0.25) is 10.1 Å². The van der Waals surface area contributed by atoms with Crippen LogP contribution >= 0.6 is 15.9 Å². The highest BCUT2D eigenvalue weighted by Gasteiger charge is 2.32. The molecule has 11 heavy (non-hydrogen) atoms. The SMILES string of the molecule is O=[N+]([O-])C1CCCCC1CBr. The maximum Gasteiger partial charge on any atom is 0.216 e. The van der Waals surface area contributed by atoms with Gasteiger partial charge in [0, 0.05) is 22.6 Å². The van der Waals surface area contributed by atoms with Crippen LogP contribution < -0.4 is 0 Å². The number of rotatable bonds is 2. The van der Waals surface area contributed by atoms with Crippen molar-refractivity contribution in [3.05, 3.63) is 10.1 Å². The molecule has 0 amide bonds. The molecule has 0 aliphatic heterocycles. The van der Waals surface area contributed by atoms with Crippen molar-refractivity contribution in [1.82, 2.24) is 0 Å². The lowest BCUT2D eigenvalue weighted by Gasteiger charge is -2.23. The van der Waals surface area contributed by atoms with E-state index in [2.05, 4.69) is 15.9 Å². The van der Waals surface area contributed by atoms with Gasteiger partial charge in [-0.2, -0.15) is 0 Å². The minimum absolute atomic E-state index is 0.120. The van der Waals surface area contributed by atoms with Crippen LogP contribution in [-0.4, -0.2) is 16.3 Å². The van der Waals surface area contributed by atoms with Crippen molar-refractivity contribution in [2.45, 2.75) is 31.7 Å². The summed E-state index contributed by atoms with van der Waals surface area (Å²) in [5.41, 5.74) is 0. The normalized spacial score (nSPS) is 31.7. The molecular formula is C7H12BrNO2. The molecule has 0 N–H and O–H groups in total. The monoisotopic (exact) mass is 221 g/mol. The van der Waals surface area contributed by atoms with Gasteiger partial charge in [-0.15, -0.1) is 0 Å². The number of nitro groups is 1. The molecule has 64 valence electrons. The molecule has 3 nitrogen and oxygen atoms in total. The Labute approximate surface area is 74.4 Å². The van der Waals surface area contributed by atoms with E-state index in [1.54, 1.807) is 0 Å². The van der Waals surface area contributed by atoms with Gasteiger partial charge in [0.25, 0.3) is 0 Å². The Balaban J connectivity index is 2.51. The molecule has 4 heteroatoms.